The zero-order valence-corrected chi connectivity index (χ0v) is 27.0. The maximum absolute atomic E-state index is 13.3. The van der Waals surface area contributed by atoms with Crippen LogP contribution in [0.3, 0.4) is 0 Å². The molecule has 1 aromatic carbocycles. The lowest BCUT2D eigenvalue weighted by molar-refractivity contribution is -0.684. The van der Waals surface area contributed by atoms with Gasteiger partial charge in [0.2, 0.25) is 18.4 Å². The Balaban J connectivity index is 1.04. The Morgan fingerprint density at radius 2 is 1.79 bits per heavy atom. The SMILES string of the molecule is O=C(C[n+]1ccc(CN2CCC(=CC3=C(C(=O)[O-])N4C(=O)[C@@H](NC(=O)CSc5ccncc5)[C@H]4SC3)C2=O)cc1)Nc1ccc(O)cc1. The number of fused-ring (bicyclic) bond motifs is 1. The number of amides is 4. The Hall–Kier alpha value is -5.15. The van der Waals surface area contributed by atoms with Gasteiger partial charge in [0.1, 0.15) is 17.2 Å². The third-order valence-electron chi connectivity index (χ3n) is 7.90. The summed E-state index contributed by atoms with van der Waals surface area (Å²) in [7, 11) is 0. The Kier molecular flexibility index (Phi) is 9.77. The molecule has 0 spiro atoms. The summed E-state index contributed by atoms with van der Waals surface area (Å²) in [6, 6.07) is 12.5. The van der Waals surface area contributed by atoms with Gasteiger partial charge >= 0.3 is 0 Å². The summed E-state index contributed by atoms with van der Waals surface area (Å²) in [5.41, 5.74) is 1.90. The number of β-lactam (4-membered cyclic amide) rings is 1. The number of phenolic OH excluding ortho intramolecular Hbond substituents is 1. The standard InChI is InChI=1S/C33H30N6O7S2/c40-24-3-1-23(2-4-24)35-26(41)17-37-12-7-20(8-13-37)16-38-14-9-21(30(38)43)15-22-18-48-32-28(31(44)39(32)29(22)33(45)46)36-27(42)19-47-25-5-10-34-11-6-25/h1-8,10-13,15,28,32H,9,14,16-19H2,(H3-,35,36,40,41,42,45,46)/t28-,32-/m1/s1. The molecule has 2 atom stereocenters. The number of nitrogens with zero attached hydrogens (tertiary/aromatic N) is 4. The van der Waals surface area contributed by atoms with Gasteiger partial charge in [-0.1, -0.05) is 0 Å². The molecule has 13 nitrogen and oxygen atoms in total. The number of carbonyl (C=O) groups excluding carboxylic acids is 5. The van der Waals surface area contributed by atoms with Crippen LogP contribution in [0.1, 0.15) is 12.0 Å². The number of carboxylic acids is 1. The highest BCUT2D eigenvalue weighted by Crippen LogP contribution is 2.41. The first-order valence-corrected chi connectivity index (χ1v) is 17.0. The van der Waals surface area contributed by atoms with Crippen LogP contribution in [0.2, 0.25) is 0 Å². The van der Waals surface area contributed by atoms with E-state index < -0.39 is 23.3 Å². The number of rotatable bonds is 11. The fraction of sp³-hybridized carbons (Fsp3) is 0.242. The van der Waals surface area contributed by atoms with Crippen LogP contribution in [0, 0.1) is 0 Å². The number of hydrogen-bond acceptors (Lipinski definition) is 10. The number of carboxylic acid groups (broad SMARTS) is 1. The molecule has 2 aromatic heterocycles. The predicted molar refractivity (Wildman–Crippen MR) is 174 cm³/mol. The molecule has 4 amide bonds. The number of anilines is 1. The van der Waals surface area contributed by atoms with Crippen molar-refractivity contribution in [1.82, 2.24) is 20.1 Å². The molecule has 3 aromatic rings. The molecule has 0 radical (unpaired) electrons. The fourth-order valence-corrected chi connectivity index (χ4v) is 7.54. The van der Waals surface area contributed by atoms with Crippen LogP contribution < -0.4 is 20.3 Å². The van der Waals surface area contributed by atoms with Gasteiger partial charge in [0.05, 0.1) is 17.4 Å². The Labute approximate surface area is 283 Å². The lowest BCUT2D eigenvalue weighted by Crippen LogP contribution is -2.71. The van der Waals surface area contributed by atoms with Gasteiger partial charge in [-0.25, -0.2) is 0 Å². The van der Waals surface area contributed by atoms with Gasteiger partial charge in [0.25, 0.3) is 11.8 Å². The number of carbonyl (C=O) groups is 5. The number of aliphatic carboxylic acids is 1. The summed E-state index contributed by atoms with van der Waals surface area (Å²) in [5.74, 6) is -2.45. The first-order chi connectivity index (χ1) is 23.2. The molecule has 0 saturated carbocycles. The molecule has 2 saturated heterocycles. The number of aromatic nitrogens is 2. The molecule has 6 rings (SSSR count). The maximum atomic E-state index is 13.3. The zero-order valence-electron chi connectivity index (χ0n) is 25.4. The molecule has 2 fully saturated rings. The third-order valence-corrected chi connectivity index (χ3v) is 10.2. The van der Waals surface area contributed by atoms with E-state index in [0.717, 1.165) is 15.4 Å². The molecular formula is C33H30N6O7S2. The van der Waals surface area contributed by atoms with Crippen LogP contribution >= 0.6 is 23.5 Å². The molecular weight excluding hydrogens is 657 g/mol. The Morgan fingerprint density at radius 1 is 1.06 bits per heavy atom. The molecule has 3 aliphatic rings. The molecule has 246 valence electrons. The van der Waals surface area contributed by atoms with Crippen molar-refractivity contribution in [3.05, 3.63) is 102 Å². The normalized spacial score (nSPS) is 19.6. The van der Waals surface area contributed by atoms with Crippen LogP contribution in [0.5, 0.6) is 5.75 Å². The van der Waals surface area contributed by atoms with Gasteiger partial charge in [0, 0.05) is 59.5 Å². The van der Waals surface area contributed by atoms with Gasteiger partial charge in [-0.2, -0.15) is 4.57 Å². The summed E-state index contributed by atoms with van der Waals surface area (Å²) in [6.07, 6.45) is 8.68. The van der Waals surface area contributed by atoms with Gasteiger partial charge in [-0.3, -0.25) is 29.1 Å². The second-order valence-corrected chi connectivity index (χ2v) is 13.4. The highest BCUT2D eigenvalue weighted by molar-refractivity contribution is 8.00. The Bertz CT molecular complexity index is 1820. The molecule has 5 heterocycles. The summed E-state index contributed by atoms with van der Waals surface area (Å²) in [5, 5.41) is 26.5. The largest absolute Gasteiger partial charge is 0.543 e. The van der Waals surface area contributed by atoms with Crippen LogP contribution in [0.15, 0.2) is 101 Å². The monoisotopic (exact) mass is 686 g/mol. The van der Waals surface area contributed by atoms with E-state index in [2.05, 4.69) is 15.6 Å². The van der Waals surface area contributed by atoms with Crippen LogP contribution in [0.4, 0.5) is 5.69 Å². The number of allylic oxidation sites excluding steroid dienone is 1. The van der Waals surface area contributed by atoms with Crippen molar-refractivity contribution in [2.75, 3.05) is 23.4 Å². The number of pyridine rings is 2. The van der Waals surface area contributed by atoms with Crippen LogP contribution in [-0.4, -0.2) is 79.0 Å². The van der Waals surface area contributed by atoms with Gasteiger partial charge < -0.3 is 30.5 Å². The average molecular weight is 687 g/mol. The second kappa shape index (κ2) is 14.3. The predicted octanol–water partition coefficient (Wildman–Crippen LogP) is 0.568. The van der Waals surface area contributed by atoms with Crippen molar-refractivity contribution in [3.8, 4) is 5.75 Å². The summed E-state index contributed by atoms with van der Waals surface area (Å²) >= 11 is 2.62. The van der Waals surface area contributed by atoms with E-state index in [1.807, 2.05) is 12.1 Å². The number of benzene rings is 1. The highest BCUT2D eigenvalue weighted by atomic mass is 32.2. The van der Waals surface area contributed by atoms with E-state index in [1.54, 1.807) is 64.6 Å². The topological polar surface area (TPSA) is 176 Å². The van der Waals surface area contributed by atoms with Gasteiger partial charge in [0.15, 0.2) is 12.4 Å². The molecule has 0 aliphatic carbocycles. The van der Waals surface area contributed by atoms with E-state index in [1.165, 1.54) is 35.7 Å². The van der Waals surface area contributed by atoms with Gasteiger partial charge in [-0.15, -0.1) is 23.5 Å². The molecule has 0 unspecified atom stereocenters. The number of thioether (sulfide) groups is 2. The molecule has 3 N–H and O–H groups in total. The number of hydrogen-bond donors (Lipinski definition) is 3. The minimum Gasteiger partial charge on any atom is -0.543 e. The fourth-order valence-electron chi connectivity index (χ4n) is 5.53. The van der Waals surface area contributed by atoms with Crippen molar-refractivity contribution >= 4 is 58.8 Å². The second-order valence-electron chi connectivity index (χ2n) is 11.2. The Morgan fingerprint density at radius 3 is 2.50 bits per heavy atom. The van der Waals surface area contributed by atoms with Crippen LogP contribution in [0.25, 0.3) is 0 Å². The van der Waals surface area contributed by atoms with Crippen molar-refractivity contribution in [3.63, 3.8) is 0 Å². The first kappa shape index (κ1) is 32.8. The van der Waals surface area contributed by atoms with Crippen LogP contribution in [-0.2, 0) is 37.1 Å². The number of likely N-dealkylation sites (tertiary alicyclic amines) is 1. The summed E-state index contributed by atoms with van der Waals surface area (Å²) in [4.78, 5) is 71.0. The highest BCUT2D eigenvalue weighted by Gasteiger charge is 2.52. The smallest absolute Gasteiger partial charge is 0.290 e. The van der Waals surface area contributed by atoms with Crippen molar-refractivity contribution in [2.45, 2.75) is 35.8 Å². The molecule has 15 heteroatoms. The van der Waals surface area contributed by atoms with Gasteiger partial charge in [-0.05, 0) is 60.0 Å². The van der Waals surface area contributed by atoms with E-state index in [4.69, 9.17) is 0 Å². The third kappa shape index (κ3) is 7.37. The van der Waals surface area contributed by atoms with E-state index in [-0.39, 0.29) is 47.2 Å². The number of nitrogens with one attached hydrogen (secondary N) is 2. The van der Waals surface area contributed by atoms with E-state index >= 15 is 0 Å². The van der Waals surface area contributed by atoms with E-state index in [0.29, 0.717) is 36.3 Å². The summed E-state index contributed by atoms with van der Waals surface area (Å²) in [6.45, 7) is 0.835. The first-order valence-electron chi connectivity index (χ1n) is 14.9. The number of aromatic hydroxyl groups is 1. The lowest BCUT2D eigenvalue weighted by Gasteiger charge is -2.50. The van der Waals surface area contributed by atoms with Crippen molar-refractivity contribution < 1.29 is 38.8 Å². The quantitative estimate of drug-likeness (QED) is 0.0850. The summed E-state index contributed by atoms with van der Waals surface area (Å²) < 4.78 is 1.70. The number of phenols is 1. The molecule has 48 heavy (non-hydrogen) atoms. The maximum Gasteiger partial charge on any atom is 0.290 e. The average Bonchev–Trinajstić information content (AvgIpc) is 3.42. The minimum absolute atomic E-state index is 0.0729. The van der Waals surface area contributed by atoms with Crippen molar-refractivity contribution in [2.24, 2.45) is 0 Å². The zero-order chi connectivity index (χ0) is 33.8. The lowest BCUT2D eigenvalue weighted by atomic mass is 10.0. The molecule has 0 bridgehead atoms. The van der Waals surface area contributed by atoms with Crippen molar-refractivity contribution in [1.29, 1.82) is 0 Å². The minimum atomic E-state index is -1.52. The van der Waals surface area contributed by atoms with E-state index in [9.17, 15) is 34.2 Å². The molecule has 3 aliphatic heterocycles.